The highest BCUT2D eigenvalue weighted by molar-refractivity contribution is 5.70. The van der Waals surface area contributed by atoms with Crippen LogP contribution in [0.1, 0.15) is 0 Å². The molecule has 3 rings (SSSR count). The smallest absolute Gasteiger partial charge is 0.175 e. The molecule has 16 heavy (non-hydrogen) atoms. The topological polar surface area (TPSA) is 55.9 Å². The first-order valence-electron chi connectivity index (χ1n) is 4.89. The molecule has 2 aliphatic heterocycles. The summed E-state index contributed by atoms with van der Waals surface area (Å²) in [6.45, 7) is 0. The van der Waals surface area contributed by atoms with E-state index in [-0.39, 0.29) is 0 Å². The van der Waals surface area contributed by atoms with Gasteiger partial charge in [-0.2, -0.15) is 9.83 Å². The Morgan fingerprint density at radius 2 is 2.06 bits per heavy atom. The summed E-state index contributed by atoms with van der Waals surface area (Å²) in [6.07, 6.45) is 6.96. The summed E-state index contributed by atoms with van der Waals surface area (Å²) in [6, 6.07) is 3.84. The Labute approximate surface area is 91.9 Å². The third-order valence-electron chi connectivity index (χ3n) is 2.54. The number of hydrogen-bond acceptors (Lipinski definition) is 3. The van der Waals surface area contributed by atoms with Crippen LogP contribution in [-0.2, 0) is 7.05 Å². The minimum Gasteiger partial charge on any atom is -0.427 e. The molecule has 0 bridgehead atoms. The van der Waals surface area contributed by atoms with Gasteiger partial charge < -0.3 is 5.21 Å². The Morgan fingerprint density at radius 3 is 2.81 bits per heavy atom. The number of rotatable bonds is 1. The second kappa shape index (κ2) is 3.10. The van der Waals surface area contributed by atoms with Gasteiger partial charge in [0.25, 0.3) is 0 Å². The summed E-state index contributed by atoms with van der Waals surface area (Å²) in [5, 5.41) is 13.8. The van der Waals surface area contributed by atoms with Crippen LogP contribution in [-0.4, -0.2) is 24.7 Å². The van der Waals surface area contributed by atoms with Crippen LogP contribution in [0.25, 0.3) is 22.5 Å². The van der Waals surface area contributed by atoms with Gasteiger partial charge in [0.1, 0.15) is 0 Å². The number of aryl methyl sites for hydroxylation is 1. The monoisotopic (exact) mass is 214 g/mol. The molecule has 0 saturated heterocycles. The van der Waals surface area contributed by atoms with Crippen molar-refractivity contribution in [3.8, 4) is 22.5 Å². The molecule has 5 heteroatoms. The zero-order chi connectivity index (χ0) is 11.1. The number of fused-ring (bicyclic) bond motifs is 1. The van der Waals surface area contributed by atoms with Crippen LogP contribution >= 0.6 is 0 Å². The van der Waals surface area contributed by atoms with E-state index in [0.29, 0.717) is 5.82 Å². The van der Waals surface area contributed by atoms with Crippen LogP contribution in [0.3, 0.4) is 0 Å². The molecule has 1 aromatic rings. The van der Waals surface area contributed by atoms with Crippen molar-refractivity contribution in [2.24, 2.45) is 7.05 Å². The van der Waals surface area contributed by atoms with Gasteiger partial charge in [-0.05, 0) is 12.1 Å². The average molecular weight is 214 g/mol. The van der Waals surface area contributed by atoms with E-state index in [2.05, 4.69) is 10.1 Å². The lowest BCUT2D eigenvalue weighted by Crippen LogP contribution is -1.98. The van der Waals surface area contributed by atoms with E-state index in [9.17, 15) is 5.21 Å². The quantitative estimate of drug-likeness (QED) is 0.626. The van der Waals surface area contributed by atoms with Gasteiger partial charge in [-0.15, -0.1) is 0 Å². The second-order valence-corrected chi connectivity index (χ2v) is 3.70. The Bertz CT molecular complexity index is 610. The van der Waals surface area contributed by atoms with E-state index in [0.717, 1.165) is 21.4 Å². The lowest BCUT2D eigenvalue weighted by Gasteiger charge is -2.06. The van der Waals surface area contributed by atoms with Crippen LogP contribution in [0, 0.1) is 0 Å². The molecule has 0 amide bonds. The molecule has 5 nitrogen and oxygen atoms in total. The maximum atomic E-state index is 9.74. The number of pyridine rings is 1. The average Bonchev–Trinajstić information content (AvgIpc) is 2.85. The first-order chi connectivity index (χ1) is 7.74. The molecule has 0 aliphatic carbocycles. The fourth-order valence-corrected chi connectivity index (χ4v) is 1.77. The summed E-state index contributed by atoms with van der Waals surface area (Å²) >= 11 is 0. The number of hydrogen-bond donors (Lipinski definition) is 1. The molecule has 1 N–H and O–H groups in total. The van der Waals surface area contributed by atoms with Gasteiger partial charge >= 0.3 is 0 Å². The highest BCUT2D eigenvalue weighted by atomic mass is 16.5. The van der Waals surface area contributed by atoms with Crippen LogP contribution in [0.4, 0.5) is 0 Å². The van der Waals surface area contributed by atoms with E-state index >= 15 is 0 Å². The molecule has 0 spiro atoms. The largest absolute Gasteiger partial charge is 0.427 e. The molecule has 0 radical (unpaired) electrons. The van der Waals surface area contributed by atoms with E-state index in [1.165, 1.54) is 0 Å². The minimum absolute atomic E-state index is 0.563. The highest BCUT2D eigenvalue weighted by Gasteiger charge is 2.11. The minimum atomic E-state index is 0.563. The third-order valence-corrected chi connectivity index (χ3v) is 2.54. The van der Waals surface area contributed by atoms with Crippen molar-refractivity contribution in [1.82, 2.24) is 19.5 Å². The molecular weight excluding hydrogens is 204 g/mol. The van der Waals surface area contributed by atoms with Crippen molar-refractivity contribution in [2.75, 3.05) is 0 Å². The lowest BCUT2D eigenvalue weighted by atomic mass is 10.1. The standard InChI is InChI=1S/C11H10N4O/c1-14-6-10(5-13-14)9-4-8-2-3-12-11(8)15(16)7-9/h2-7,16H,1H3. The maximum absolute atomic E-state index is 9.74. The normalized spacial score (nSPS) is 11.1. The fourth-order valence-electron chi connectivity index (χ4n) is 1.77. The fraction of sp³-hybridized carbons (Fsp3) is 0.0909. The summed E-state index contributed by atoms with van der Waals surface area (Å²) in [5.41, 5.74) is 2.79. The van der Waals surface area contributed by atoms with E-state index < -0.39 is 0 Å². The summed E-state index contributed by atoms with van der Waals surface area (Å²) < 4.78 is 2.77. The van der Waals surface area contributed by atoms with Crippen LogP contribution in [0.5, 0.6) is 0 Å². The van der Waals surface area contributed by atoms with Gasteiger partial charge in [0.15, 0.2) is 5.82 Å². The molecule has 0 saturated carbocycles. The van der Waals surface area contributed by atoms with Crippen molar-refractivity contribution in [1.29, 1.82) is 0 Å². The second-order valence-electron chi connectivity index (χ2n) is 3.70. The Kier molecular flexibility index (Phi) is 1.73. The van der Waals surface area contributed by atoms with Crippen LogP contribution in [0.2, 0.25) is 0 Å². The molecule has 0 atom stereocenters. The Hall–Kier alpha value is -2.30. The molecule has 0 fully saturated rings. The molecule has 80 valence electrons. The summed E-state index contributed by atoms with van der Waals surface area (Å²) in [4.78, 5) is 4.05. The molecular formula is C11H10N4O. The summed E-state index contributed by atoms with van der Waals surface area (Å²) in [5.74, 6) is 0.563. The van der Waals surface area contributed by atoms with E-state index in [1.807, 2.05) is 25.4 Å². The zero-order valence-electron chi connectivity index (χ0n) is 8.70. The van der Waals surface area contributed by atoms with Gasteiger partial charge in [0.2, 0.25) is 0 Å². The van der Waals surface area contributed by atoms with Crippen molar-refractivity contribution in [2.45, 2.75) is 0 Å². The predicted molar refractivity (Wildman–Crippen MR) is 58.2 cm³/mol. The first-order valence-corrected chi connectivity index (χ1v) is 4.89. The number of nitrogens with zero attached hydrogens (tertiary/aromatic N) is 4. The molecule has 1 aromatic heterocycles. The van der Waals surface area contributed by atoms with Crippen LogP contribution < -0.4 is 0 Å². The van der Waals surface area contributed by atoms with Gasteiger partial charge in [-0.25, -0.2) is 4.98 Å². The Balaban J connectivity index is 2.21. The zero-order valence-corrected chi connectivity index (χ0v) is 8.70. The molecule has 2 aliphatic rings. The van der Waals surface area contributed by atoms with Gasteiger partial charge in [-0.1, -0.05) is 0 Å². The van der Waals surface area contributed by atoms with E-state index in [4.69, 9.17) is 0 Å². The SMILES string of the molecule is Cn1cc(-c2cc3ccnc-3n(O)c2)cn1. The molecule has 0 unspecified atom stereocenters. The van der Waals surface area contributed by atoms with Gasteiger partial charge in [0, 0.05) is 36.1 Å². The molecule has 0 aromatic carbocycles. The first kappa shape index (κ1) is 8.96. The van der Waals surface area contributed by atoms with Gasteiger partial charge in [-0.3, -0.25) is 4.68 Å². The Morgan fingerprint density at radius 1 is 1.19 bits per heavy atom. The molecule has 3 heterocycles. The highest BCUT2D eigenvalue weighted by Crippen LogP contribution is 2.26. The maximum Gasteiger partial charge on any atom is 0.175 e. The van der Waals surface area contributed by atoms with Crippen molar-refractivity contribution in [3.05, 3.63) is 36.9 Å². The lowest BCUT2D eigenvalue weighted by molar-refractivity contribution is 0.187. The van der Waals surface area contributed by atoms with Crippen LogP contribution in [0.15, 0.2) is 36.9 Å². The van der Waals surface area contributed by atoms with Crippen molar-refractivity contribution < 1.29 is 5.21 Å². The van der Waals surface area contributed by atoms with Crippen molar-refractivity contribution >= 4 is 0 Å². The summed E-state index contributed by atoms with van der Waals surface area (Å²) in [7, 11) is 1.86. The number of aromatic nitrogens is 4. The van der Waals surface area contributed by atoms with E-state index in [1.54, 1.807) is 23.3 Å². The van der Waals surface area contributed by atoms with Gasteiger partial charge in [0.05, 0.1) is 12.4 Å². The predicted octanol–water partition coefficient (Wildman–Crippen LogP) is 1.63. The van der Waals surface area contributed by atoms with Crippen molar-refractivity contribution in [3.63, 3.8) is 0 Å². The third kappa shape index (κ3) is 1.25.